The highest BCUT2D eigenvalue weighted by Gasteiger charge is 2.26. The van der Waals surface area contributed by atoms with Gasteiger partial charge >= 0.3 is 0 Å². The minimum Gasteiger partial charge on any atom is -0.487 e. The largest absolute Gasteiger partial charge is 0.487 e. The van der Waals surface area contributed by atoms with Crippen LogP contribution in [0.4, 0.5) is 5.82 Å². The van der Waals surface area contributed by atoms with Crippen molar-refractivity contribution in [1.82, 2.24) is 15.2 Å². The first-order valence-corrected chi connectivity index (χ1v) is 12.0. The molecule has 0 spiro atoms. The van der Waals surface area contributed by atoms with E-state index in [-0.39, 0.29) is 17.9 Å². The van der Waals surface area contributed by atoms with Crippen LogP contribution in [0, 0.1) is 11.3 Å². The first kappa shape index (κ1) is 24.9. The molecule has 1 saturated heterocycles. The summed E-state index contributed by atoms with van der Waals surface area (Å²) in [6.45, 7) is 3.41. The highest BCUT2D eigenvalue weighted by atomic mass is 16.5. The number of hydrogen-bond donors (Lipinski definition) is 2. The number of benzene rings is 2. The molecule has 2 N–H and O–H groups in total. The van der Waals surface area contributed by atoms with E-state index in [1.54, 1.807) is 42.3 Å². The van der Waals surface area contributed by atoms with E-state index >= 15 is 0 Å². The molecule has 8 nitrogen and oxygen atoms in total. The van der Waals surface area contributed by atoms with Crippen LogP contribution in [0.25, 0.3) is 0 Å². The number of nitrogens with zero attached hydrogens (tertiary/aromatic N) is 3. The minimum atomic E-state index is -0.557. The first-order chi connectivity index (χ1) is 17.5. The van der Waals surface area contributed by atoms with Gasteiger partial charge in [-0.15, -0.1) is 0 Å². The molecule has 2 heterocycles. The molecule has 0 unspecified atom stereocenters. The number of likely N-dealkylation sites (tertiary alicyclic amines) is 1. The summed E-state index contributed by atoms with van der Waals surface area (Å²) in [7, 11) is 0. The Balaban J connectivity index is 1.35. The van der Waals surface area contributed by atoms with Gasteiger partial charge in [0.1, 0.15) is 23.7 Å². The van der Waals surface area contributed by atoms with Gasteiger partial charge in [-0.3, -0.25) is 9.59 Å². The van der Waals surface area contributed by atoms with E-state index in [1.165, 1.54) is 0 Å². The zero-order chi connectivity index (χ0) is 25.3. The molecule has 3 aromatic rings. The molecule has 8 heteroatoms. The Morgan fingerprint density at radius 3 is 2.56 bits per heavy atom. The van der Waals surface area contributed by atoms with Crippen LogP contribution >= 0.6 is 0 Å². The SMILES string of the molecule is CC(=O)N1CC[C@H](Oc2ccc(NC(=O)[C@H](NCCc3ccc(C#N)cc3)c3ccccc3)nc2)C1. The predicted octanol–water partition coefficient (Wildman–Crippen LogP) is 3.46. The van der Waals surface area contributed by atoms with Crippen LogP contribution in [-0.4, -0.2) is 47.4 Å². The molecule has 1 aliphatic rings. The predicted molar refractivity (Wildman–Crippen MR) is 136 cm³/mol. The number of anilines is 1. The summed E-state index contributed by atoms with van der Waals surface area (Å²) in [5.41, 5.74) is 2.56. The van der Waals surface area contributed by atoms with E-state index in [0.29, 0.717) is 36.8 Å². The smallest absolute Gasteiger partial charge is 0.247 e. The Labute approximate surface area is 210 Å². The average molecular weight is 484 g/mol. The highest BCUT2D eigenvalue weighted by Crippen LogP contribution is 2.20. The second-order valence-corrected chi connectivity index (χ2v) is 8.72. The van der Waals surface area contributed by atoms with Gasteiger partial charge in [0, 0.05) is 26.4 Å². The molecule has 36 heavy (non-hydrogen) atoms. The van der Waals surface area contributed by atoms with E-state index in [2.05, 4.69) is 21.7 Å². The Hall–Kier alpha value is -4.22. The molecule has 0 radical (unpaired) electrons. The van der Waals surface area contributed by atoms with Crippen molar-refractivity contribution in [2.24, 2.45) is 0 Å². The minimum absolute atomic E-state index is 0.0516. The number of ether oxygens (including phenoxy) is 1. The molecular weight excluding hydrogens is 454 g/mol. The number of aromatic nitrogens is 1. The van der Waals surface area contributed by atoms with E-state index in [1.807, 2.05) is 42.5 Å². The zero-order valence-electron chi connectivity index (χ0n) is 20.2. The molecule has 2 amide bonds. The van der Waals surface area contributed by atoms with Gasteiger partial charge in [0.15, 0.2) is 0 Å². The lowest BCUT2D eigenvalue weighted by Crippen LogP contribution is -2.34. The maximum Gasteiger partial charge on any atom is 0.247 e. The third-order valence-corrected chi connectivity index (χ3v) is 6.12. The Bertz CT molecular complexity index is 1210. The highest BCUT2D eigenvalue weighted by molar-refractivity contribution is 5.94. The molecule has 1 fully saturated rings. The standard InChI is InChI=1S/C28H29N5O3/c1-20(34)33-16-14-25(19-33)36-24-11-12-26(31-18-24)32-28(35)27(23-5-3-2-4-6-23)30-15-13-21-7-9-22(17-29)10-8-21/h2-12,18,25,27,30H,13-16,19H2,1H3,(H,31,32,35)/t25-,27+/m0/s1. The van der Waals surface area contributed by atoms with Crippen molar-refractivity contribution in [3.8, 4) is 11.8 Å². The number of rotatable bonds is 9. The number of carbonyl (C=O) groups excluding carboxylic acids is 2. The van der Waals surface area contributed by atoms with E-state index in [9.17, 15) is 9.59 Å². The Kier molecular flexibility index (Phi) is 8.27. The summed E-state index contributed by atoms with van der Waals surface area (Å²) < 4.78 is 5.94. The maximum absolute atomic E-state index is 13.2. The molecule has 4 rings (SSSR count). The van der Waals surface area contributed by atoms with Crippen molar-refractivity contribution >= 4 is 17.6 Å². The summed E-state index contributed by atoms with van der Waals surface area (Å²) in [6.07, 6.45) is 3.03. The van der Waals surface area contributed by atoms with Crippen LogP contribution < -0.4 is 15.4 Å². The second kappa shape index (κ2) is 12.0. The summed E-state index contributed by atoms with van der Waals surface area (Å²) >= 11 is 0. The van der Waals surface area contributed by atoms with Gasteiger partial charge in [-0.25, -0.2) is 4.98 Å². The zero-order valence-corrected chi connectivity index (χ0v) is 20.2. The van der Waals surface area contributed by atoms with E-state index < -0.39 is 6.04 Å². The summed E-state index contributed by atoms with van der Waals surface area (Å²) in [5, 5.41) is 15.2. The van der Waals surface area contributed by atoms with Crippen LogP contribution in [0.2, 0.25) is 0 Å². The Morgan fingerprint density at radius 2 is 1.92 bits per heavy atom. The fourth-order valence-electron chi connectivity index (χ4n) is 4.14. The molecule has 1 aliphatic heterocycles. The summed E-state index contributed by atoms with van der Waals surface area (Å²) in [6, 6.07) is 22.0. The second-order valence-electron chi connectivity index (χ2n) is 8.72. The lowest BCUT2D eigenvalue weighted by atomic mass is 10.1. The molecule has 2 aromatic carbocycles. The summed E-state index contributed by atoms with van der Waals surface area (Å²) in [5.74, 6) is 0.869. The lowest BCUT2D eigenvalue weighted by Gasteiger charge is -2.19. The normalized spacial score (nSPS) is 15.7. The number of pyridine rings is 1. The van der Waals surface area contributed by atoms with Crippen molar-refractivity contribution < 1.29 is 14.3 Å². The molecule has 184 valence electrons. The molecule has 0 aliphatic carbocycles. The fraction of sp³-hybridized carbons (Fsp3) is 0.286. The third kappa shape index (κ3) is 6.68. The van der Waals surface area contributed by atoms with Crippen LogP contribution in [0.5, 0.6) is 5.75 Å². The van der Waals surface area contributed by atoms with Crippen LogP contribution in [-0.2, 0) is 16.0 Å². The molecule has 0 bridgehead atoms. The monoisotopic (exact) mass is 483 g/mol. The van der Waals surface area contributed by atoms with Crippen LogP contribution in [0.15, 0.2) is 72.9 Å². The number of amides is 2. The fourth-order valence-corrected chi connectivity index (χ4v) is 4.14. The number of nitrogens with one attached hydrogen (secondary N) is 2. The number of hydrogen-bond acceptors (Lipinski definition) is 6. The number of carbonyl (C=O) groups is 2. The molecule has 2 atom stereocenters. The van der Waals surface area contributed by atoms with Crippen LogP contribution in [0.3, 0.4) is 0 Å². The van der Waals surface area contributed by atoms with Gasteiger partial charge in [0.2, 0.25) is 11.8 Å². The van der Waals surface area contributed by atoms with Crippen molar-refractivity contribution in [2.75, 3.05) is 25.0 Å². The van der Waals surface area contributed by atoms with Gasteiger partial charge < -0.3 is 20.3 Å². The topological polar surface area (TPSA) is 107 Å². The van der Waals surface area contributed by atoms with Gasteiger partial charge in [-0.05, 0) is 41.8 Å². The van der Waals surface area contributed by atoms with Gasteiger partial charge in [-0.1, -0.05) is 42.5 Å². The molecule has 1 aromatic heterocycles. The van der Waals surface area contributed by atoms with Crippen molar-refractivity contribution in [2.45, 2.75) is 31.9 Å². The molecule has 0 saturated carbocycles. The van der Waals surface area contributed by atoms with Crippen LogP contribution in [0.1, 0.15) is 36.1 Å². The lowest BCUT2D eigenvalue weighted by molar-refractivity contribution is -0.128. The van der Waals surface area contributed by atoms with Crippen molar-refractivity contribution in [3.05, 3.63) is 89.6 Å². The van der Waals surface area contributed by atoms with Gasteiger partial charge in [-0.2, -0.15) is 5.26 Å². The third-order valence-electron chi connectivity index (χ3n) is 6.12. The van der Waals surface area contributed by atoms with Crippen molar-refractivity contribution in [3.63, 3.8) is 0 Å². The maximum atomic E-state index is 13.2. The quantitative estimate of drug-likeness (QED) is 0.483. The van der Waals surface area contributed by atoms with Gasteiger partial charge in [0.25, 0.3) is 0 Å². The van der Waals surface area contributed by atoms with E-state index in [4.69, 9.17) is 10.00 Å². The summed E-state index contributed by atoms with van der Waals surface area (Å²) in [4.78, 5) is 30.8. The van der Waals surface area contributed by atoms with Crippen molar-refractivity contribution in [1.29, 1.82) is 5.26 Å². The number of nitriles is 1. The van der Waals surface area contributed by atoms with Gasteiger partial charge in [0.05, 0.1) is 24.4 Å². The molecular formula is C28H29N5O3. The Morgan fingerprint density at radius 1 is 1.14 bits per heavy atom. The van der Waals surface area contributed by atoms with E-state index in [0.717, 1.165) is 24.0 Å². The first-order valence-electron chi connectivity index (χ1n) is 12.0. The average Bonchev–Trinajstić information content (AvgIpc) is 3.37.